The Morgan fingerprint density at radius 3 is 2.68 bits per heavy atom. The molecule has 3 aromatic rings. The first-order valence-corrected chi connectivity index (χ1v) is 10.7. The highest BCUT2D eigenvalue weighted by atomic mass is 16.5. The normalized spacial score (nSPS) is 15.3. The van der Waals surface area contributed by atoms with E-state index in [0.717, 1.165) is 31.7 Å². The van der Waals surface area contributed by atoms with E-state index in [0.29, 0.717) is 41.0 Å². The maximum atomic E-state index is 13.5. The van der Waals surface area contributed by atoms with E-state index in [-0.39, 0.29) is 11.8 Å². The van der Waals surface area contributed by atoms with Crippen LogP contribution in [0.25, 0.3) is 11.1 Å². The van der Waals surface area contributed by atoms with Crippen molar-refractivity contribution in [3.05, 3.63) is 58.4 Å². The van der Waals surface area contributed by atoms with Gasteiger partial charge in [-0.15, -0.1) is 0 Å². The second-order valence-corrected chi connectivity index (χ2v) is 8.43. The third kappa shape index (κ3) is 4.44. The van der Waals surface area contributed by atoms with E-state index in [9.17, 15) is 4.79 Å². The number of fused-ring (bicyclic) bond motifs is 1. The summed E-state index contributed by atoms with van der Waals surface area (Å²) >= 11 is 0. The number of aromatic nitrogens is 2. The van der Waals surface area contributed by atoms with Crippen LogP contribution in [0.4, 0.5) is 0 Å². The first kappa shape index (κ1) is 21.0. The SMILES string of the molecule is Cc1noc2nc(C(C)C)cc(C(=O)N3CCCN(Cc4ccc(C#N)cc4)CC3)c12. The highest BCUT2D eigenvalue weighted by Crippen LogP contribution is 2.26. The predicted molar refractivity (Wildman–Crippen MR) is 118 cm³/mol. The second kappa shape index (κ2) is 8.86. The molecule has 31 heavy (non-hydrogen) atoms. The number of amides is 1. The Morgan fingerprint density at radius 2 is 1.97 bits per heavy atom. The molecule has 1 saturated heterocycles. The fraction of sp³-hybridized carbons (Fsp3) is 0.417. The third-order valence-corrected chi connectivity index (χ3v) is 5.82. The minimum Gasteiger partial charge on any atom is -0.337 e. The zero-order valence-electron chi connectivity index (χ0n) is 18.3. The smallest absolute Gasteiger partial charge is 0.259 e. The van der Waals surface area contributed by atoms with Gasteiger partial charge in [-0.25, -0.2) is 4.98 Å². The molecule has 0 atom stereocenters. The van der Waals surface area contributed by atoms with E-state index in [4.69, 9.17) is 9.78 Å². The first-order chi connectivity index (χ1) is 15.0. The number of aryl methyl sites for hydroxylation is 1. The van der Waals surface area contributed by atoms with E-state index in [1.807, 2.05) is 42.2 Å². The number of nitriles is 1. The predicted octanol–water partition coefficient (Wildman–Crippen LogP) is 3.87. The Morgan fingerprint density at radius 1 is 1.19 bits per heavy atom. The first-order valence-electron chi connectivity index (χ1n) is 10.7. The lowest BCUT2D eigenvalue weighted by Gasteiger charge is -2.22. The molecule has 0 aliphatic carbocycles. The van der Waals surface area contributed by atoms with Crippen molar-refractivity contribution >= 4 is 17.0 Å². The topological polar surface area (TPSA) is 86.3 Å². The number of hydrogen-bond donors (Lipinski definition) is 0. The van der Waals surface area contributed by atoms with Crippen molar-refractivity contribution in [2.24, 2.45) is 0 Å². The highest BCUT2D eigenvalue weighted by Gasteiger charge is 2.25. The standard InChI is InChI=1S/C24H27N5O2/c1-16(2)21-13-20(22-17(3)27-31-23(22)26-21)24(30)29-10-4-9-28(11-12-29)15-19-7-5-18(14-25)6-8-19/h5-8,13,16H,4,9-12,15H2,1-3H3. The quantitative estimate of drug-likeness (QED) is 0.640. The lowest BCUT2D eigenvalue weighted by atomic mass is 10.0. The van der Waals surface area contributed by atoms with Crippen molar-refractivity contribution in [3.8, 4) is 6.07 Å². The molecule has 1 amide bonds. The maximum absolute atomic E-state index is 13.5. The molecular weight excluding hydrogens is 390 g/mol. The molecule has 160 valence electrons. The average Bonchev–Trinajstić information content (AvgIpc) is 3.00. The van der Waals surface area contributed by atoms with Crippen LogP contribution < -0.4 is 0 Å². The molecule has 1 aliphatic rings. The summed E-state index contributed by atoms with van der Waals surface area (Å²) in [5.74, 6) is 0.203. The van der Waals surface area contributed by atoms with Gasteiger partial charge in [0.05, 0.1) is 28.3 Å². The Labute approximate surface area is 182 Å². The van der Waals surface area contributed by atoms with Crippen molar-refractivity contribution in [2.45, 2.75) is 39.7 Å². The van der Waals surface area contributed by atoms with Gasteiger partial charge in [0, 0.05) is 38.4 Å². The van der Waals surface area contributed by atoms with Gasteiger partial charge >= 0.3 is 0 Å². The number of benzene rings is 1. The number of hydrogen-bond acceptors (Lipinski definition) is 6. The lowest BCUT2D eigenvalue weighted by molar-refractivity contribution is 0.0762. The molecule has 0 saturated carbocycles. The minimum atomic E-state index is 0.0147. The number of nitrogens with zero attached hydrogens (tertiary/aromatic N) is 5. The molecule has 4 rings (SSSR count). The summed E-state index contributed by atoms with van der Waals surface area (Å²) in [6.07, 6.45) is 0.913. The summed E-state index contributed by atoms with van der Waals surface area (Å²) < 4.78 is 5.38. The van der Waals surface area contributed by atoms with Crippen molar-refractivity contribution < 1.29 is 9.32 Å². The van der Waals surface area contributed by atoms with Gasteiger partial charge in [0.25, 0.3) is 11.6 Å². The molecule has 0 bridgehead atoms. The molecule has 2 aromatic heterocycles. The lowest BCUT2D eigenvalue weighted by Crippen LogP contribution is -2.35. The molecule has 3 heterocycles. The maximum Gasteiger partial charge on any atom is 0.259 e. The molecule has 1 aromatic carbocycles. The largest absolute Gasteiger partial charge is 0.337 e. The van der Waals surface area contributed by atoms with E-state index in [2.05, 4.69) is 35.0 Å². The van der Waals surface area contributed by atoms with Crippen LogP contribution in [-0.4, -0.2) is 52.0 Å². The fourth-order valence-electron chi connectivity index (χ4n) is 4.02. The average molecular weight is 418 g/mol. The third-order valence-electron chi connectivity index (χ3n) is 5.82. The molecule has 0 spiro atoms. The van der Waals surface area contributed by atoms with Crippen LogP contribution >= 0.6 is 0 Å². The van der Waals surface area contributed by atoms with Crippen molar-refractivity contribution in [2.75, 3.05) is 26.2 Å². The molecular formula is C24H27N5O2. The Kier molecular flexibility index (Phi) is 6.01. The van der Waals surface area contributed by atoms with Crippen molar-refractivity contribution in [1.82, 2.24) is 19.9 Å². The number of carbonyl (C=O) groups excluding carboxylic acids is 1. The molecule has 7 nitrogen and oxygen atoms in total. The van der Waals surface area contributed by atoms with Crippen LogP contribution in [0.15, 0.2) is 34.9 Å². The Hall–Kier alpha value is -3.24. The van der Waals surface area contributed by atoms with E-state index in [1.54, 1.807) is 0 Å². The fourth-order valence-corrected chi connectivity index (χ4v) is 4.02. The van der Waals surface area contributed by atoms with Crippen LogP contribution in [0.3, 0.4) is 0 Å². The summed E-state index contributed by atoms with van der Waals surface area (Å²) in [7, 11) is 0. The highest BCUT2D eigenvalue weighted by molar-refractivity contribution is 6.06. The van der Waals surface area contributed by atoms with Crippen molar-refractivity contribution in [3.63, 3.8) is 0 Å². The van der Waals surface area contributed by atoms with E-state index < -0.39 is 0 Å². The molecule has 1 aliphatic heterocycles. The van der Waals surface area contributed by atoms with Gasteiger partial charge in [-0.1, -0.05) is 31.1 Å². The minimum absolute atomic E-state index is 0.0147. The number of pyridine rings is 1. The monoisotopic (exact) mass is 417 g/mol. The van der Waals surface area contributed by atoms with Gasteiger partial charge in [0.1, 0.15) is 0 Å². The summed E-state index contributed by atoms with van der Waals surface area (Å²) in [5, 5.41) is 13.7. The zero-order valence-corrected chi connectivity index (χ0v) is 18.3. The molecule has 0 unspecified atom stereocenters. The zero-order chi connectivity index (χ0) is 22.0. The number of carbonyl (C=O) groups is 1. The summed E-state index contributed by atoms with van der Waals surface area (Å²) in [5.41, 5.74) is 4.45. The molecule has 1 fully saturated rings. The summed E-state index contributed by atoms with van der Waals surface area (Å²) in [4.78, 5) is 22.3. The Balaban J connectivity index is 1.51. The Bertz CT molecular complexity index is 1130. The van der Waals surface area contributed by atoms with Gasteiger partial charge in [-0.3, -0.25) is 9.69 Å². The van der Waals surface area contributed by atoms with Gasteiger partial charge in [0.15, 0.2) is 0 Å². The molecule has 7 heteroatoms. The van der Waals surface area contributed by atoms with E-state index >= 15 is 0 Å². The van der Waals surface area contributed by atoms with Crippen LogP contribution in [0.2, 0.25) is 0 Å². The van der Waals surface area contributed by atoms with Crippen LogP contribution in [0.1, 0.15) is 59.1 Å². The van der Waals surface area contributed by atoms with Gasteiger partial charge in [0.2, 0.25) is 0 Å². The molecule has 0 radical (unpaired) electrons. The summed E-state index contributed by atoms with van der Waals surface area (Å²) in [6, 6.07) is 11.8. The van der Waals surface area contributed by atoms with Gasteiger partial charge < -0.3 is 9.42 Å². The van der Waals surface area contributed by atoms with Crippen LogP contribution in [-0.2, 0) is 6.54 Å². The summed E-state index contributed by atoms with van der Waals surface area (Å²) in [6.45, 7) is 9.89. The van der Waals surface area contributed by atoms with E-state index in [1.165, 1.54) is 5.56 Å². The number of rotatable bonds is 4. The van der Waals surface area contributed by atoms with Gasteiger partial charge in [-0.05, 0) is 43.0 Å². The molecule has 0 N–H and O–H groups in total. The second-order valence-electron chi connectivity index (χ2n) is 8.43. The van der Waals surface area contributed by atoms with Crippen LogP contribution in [0.5, 0.6) is 0 Å². The van der Waals surface area contributed by atoms with Gasteiger partial charge in [-0.2, -0.15) is 5.26 Å². The van der Waals surface area contributed by atoms with Crippen molar-refractivity contribution in [1.29, 1.82) is 5.26 Å². The van der Waals surface area contributed by atoms with Crippen LogP contribution in [0, 0.1) is 18.3 Å².